The number of nitrogens with one attached hydrogen (secondary N) is 1. The van der Waals surface area contributed by atoms with Gasteiger partial charge in [0.25, 0.3) is 5.91 Å². The second-order valence-electron chi connectivity index (χ2n) is 5.84. The zero-order valence-corrected chi connectivity index (χ0v) is 18.2. The first-order valence-electron chi connectivity index (χ1n) is 8.57. The van der Waals surface area contributed by atoms with Crippen LogP contribution in [0.3, 0.4) is 0 Å². The Balaban J connectivity index is 0.00000364. The van der Waals surface area contributed by atoms with Crippen molar-refractivity contribution in [3.8, 4) is 5.75 Å². The fraction of sp³-hybridized carbons (Fsp3) is 0.368. The average molecular weight is 486 g/mol. The highest BCUT2D eigenvalue weighted by Crippen LogP contribution is 2.15. The number of hydrogen-bond acceptors (Lipinski definition) is 4. The van der Waals surface area contributed by atoms with Gasteiger partial charge in [0.2, 0.25) is 0 Å². The summed E-state index contributed by atoms with van der Waals surface area (Å²) >= 11 is 0. The summed E-state index contributed by atoms with van der Waals surface area (Å²) in [6.07, 6.45) is 0. The third kappa shape index (κ3) is 7.12. The topological polar surface area (TPSA) is 93.1 Å². The number of primary amides is 1. The van der Waals surface area contributed by atoms with Crippen LogP contribution in [-0.2, 0) is 6.54 Å². The van der Waals surface area contributed by atoms with Crippen molar-refractivity contribution >= 4 is 35.8 Å². The van der Waals surface area contributed by atoms with E-state index in [4.69, 9.17) is 14.9 Å². The summed E-state index contributed by atoms with van der Waals surface area (Å²) in [6, 6.07) is 11.2. The van der Waals surface area contributed by atoms with Crippen molar-refractivity contribution in [3.05, 3.63) is 53.5 Å². The predicted molar refractivity (Wildman–Crippen MR) is 117 cm³/mol. The Morgan fingerprint density at radius 3 is 2.67 bits per heavy atom. The number of carbonyl (C=O) groups is 1. The van der Waals surface area contributed by atoms with E-state index in [0.717, 1.165) is 23.8 Å². The third-order valence-electron chi connectivity index (χ3n) is 3.76. The van der Waals surface area contributed by atoms with Crippen LogP contribution in [0.1, 0.15) is 28.8 Å². The number of furan rings is 1. The van der Waals surface area contributed by atoms with Gasteiger partial charge < -0.3 is 25.1 Å². The molecule has 1 heterocycles. The van der Waals surface area contributed by atoms with Crippen molar-refractivity contribution in [2.75, 3.05) is 26.7 Å². The van der Waals surface area contributed by atoms with E-state index in [-0.39, 0.29) is 29.7 Å². The van der Waals surface area contributed by atoms with Crippen molar-refractivity contribution < 1.29 is 13.9 Å². The van der Waals surface area contributed by atoms with Gasteiger partial charge in [0.05, 0.1) is 6.54 Å². The summed E-state index contributed by atoms with van der Waals surface area (Å²) in [5.41, 5.74) is 6.30. The summed E-state index contributed by atoms with van der Waals surface area (Å²) in [6.45, 7) is 6.30. The van der Waals surface area contributed by atoms with Gasteiger partial charge in [0.1, 0.15) is 24.7 Å². The molecule has 0 aliphatic rings. The van der Waals surface area contributed by atoms with Gasteiger partial charge in [0.15, 0.2) is 11.7 Å². The molecule has 1 amide bonds. The Labute approximate surface area is 177 Å². The number of para-hydroxylation sites is 1. The molecule has 148 valence electrons. The summed E-state index contributed by atoms with van der Waals surface area (Å²) in [5.74, 6) is 1.76. The Morgan fingerprint density at radius 2 is 2.04 bits per heavy atom. The maximum atomic E-state index is 11.1. The van der Waals surface area contributed by atoms with Crippen LogP contribution in [0, 0.1) is 6.92 Å². The molecule has 8 heteroatoms. The van der Waals surface area contributed by atoms with Crippen LogP contribution in [0.2, 0.25) is 0 Å². The lowest BCUT2D eigenvalue weighted by atomic mass is 10.2. The smallest absolute Gasteiger partial charge is 0.284 e. The first-order chi connectivity index (χ1) is 12.5. The fourth-order valence-electron chi connectivity index (χ4n) is 2.33. The van der Waals surface area contributed by atoms with Crippen molar-refractivity contribution in [3.63, 3.8) is 0 Å². The Kier molecular flexibility index (Phi) is 9.70. The molecule has 3 N–H and O–H groups in total. The number of aryl methyl sites for hydroxylation is 1. The lowest BCUT2D eigenvalue weighted by molar-refractivity contribution is 0.0972. The molecule has 1 aromatic carbocycles. The average Bonchev–Trinajstić information content (AvgIpc) is 3.09. The van der Waals surface area contributed by atoms with E-state index in [1.54, 1.807) is 12.1 Å². The van der Waals surface area contributed by atoms with Crippen LogP contribution in [0.4, 0.5) is 0 Å². The molecule has 0 atom stereocenters. The normalized spacial score (nSPS) is 10.9. The number of rotatable bonds is 8. The number of guanidine groups is 1. The van der Waals surface area contributed by atoms with Crippen LogP contribution in [0.5, 0.6) is 5.75 Å². The maximum Gasteiger partial charge on any atom is 0.284 e. The van der Waals surface area contributed by atoms with Gasteiger partial charge in [-0.15, -0.1) is 24.0 Å². The molecule has 0 unspecified atom stereocenters. The maximum absolute atomic E-state index is 11.1. The minimum Gasteiger partial charge on any atom is -0.491 e. The number of nitrogens with zero attached hydrogens (tertiary/aromatic N) is 2. The van der Waals surface area contributed by atoms with E-state index in [1.807, 2.05) is 50.1 Å². The monoisotopic (exact) mass is 486 g/mol. The van der Waals surface area contributed by atoms with Gasteiger partial charge in [-0.2, -0.15) is 0 Å². The third-order valence-corrected chi connectivity index (χ3v) is 3.76. The number of hydrogen-bond donors (Lipinski definition) is 2. The number of amides is 1. The molecule has 27 heavy (non-hydrogen) atoms. The molecule has 0 aliphatic carbocycles. The Morgan fingerprint density at radius 1 is 1.30 bits per heavy atom. The number of likely N-dealkylation sites (N-methyl/N-ethyl adjacent to an activating group) is 1. The highest BCUT2D eigenvalue weighted by atomic mass is 127. The summed E-state index contributed by atoms with van der Waals surface area (Å²) in [7, 11) is 1.94. The van der Waals surface area contributed by atoms with Crippen molar-refractivity contribution in [2.24, 2.45) is 10.7 Å². The zero-order valence-electron chi connectivity index (χ0n) is 15.9. The van der Waals surface area contributed by atoms with E-state index in [1.165, 1.54) is 0 Å². The molecule has 2 rings (SSSR count). The highest BCUT2D eigenvalue weighted by Gasteiger charge is 2.09. The van der Waals surface area contributed by atoms with Gasteiger partial charge in [-0.05, 0) is 37.6 Å². The number of aliphatic imine (C=N–C) groups is 1. The SMILES string of the molecule is CCNC(=NCc1ccc(C(N)=O)o1)N(C)CCOc1ccccc1C.I. The van der Waals surface area contributed by atoms with Crippen LogP contribution >= 0.6 is 24.0 Å². The molecule has 0 aliphatic heterocycles. The molecular formula is C19H27IN4O3. The zero-order chi connectivity index (χ0) is 18.9. The number of nitrogens with two attached hydrogens (primary N) is 1. The Bertz CT molecular complexity index is 761. The molecule has 0 bridgehead atoms. The first kappa shape index (κ1) is 22.8. The summed E-state index contributed by atoms with van der Waals surface area (Å²) < 4.78 is 11.2. The first-order valence-corrected chi connectivity index (χ1v) is 8.57. The minimum atomic E-state index is -0.586. The number of benzene rings is 1. The summed E-state index contributed by atoms with van der Waals surface area (Å²) in [4.78, 5) is 17.6. The lowest BCUT2D eigenvalue weighted by Gasteiger charge is -2.22. The van der Waals surface area contributed by atoms with E-state index in [0.29, 0.717) is 25.5 Å². The molecule has 7 nitrogen and oxygen atoms in total. The standard InChI is InChI=1S/C19H26N4O3.HI/c1-4-21-19(22-13-15-9-10-17(26-15)18(20)24)23(3)11-12-25-16-8-6-5-7-14(16)2;/h5-10H,4,11-13H2,1-3H3,(H2,20,24)(H,21,22);1H. The molecule has 0 saturated heterocycles. The second-order valence-corrected chi connectivity index (χ2v) is 5.84. The molecule has 2 aromatic rings. The van der Waals surface area contributed by atoms with Gasteiger partial charge in [-0.25, -0.2) is 4.99 Å². The number of ether oxygens (including phenoxy) is 1. The van der Waals surface area contributed by atoms with Crippen molar-refractivity contribution in [2.45, 2.75) is 20.4 Å². The predicted octanol–water partition coefficient (Wildman–Crippen LogP) is 2.78. The Hall–Kier alpha value is -2.23. The van der Waals surface area contributed by atoms with Crippen molar-refractivity contribution in [1.29, 1.82) is 0 Å². The molecule has 0 fully saturated rings. The van der Waals surface area contributed by atoms with Crippen LogP contribution in [0.25, 0.3) is 0 Å². The molecule has 0 saturated carbocycles. The van der Waals surface area contributed by atoms with Crippen LogP contribution in [-0.4, -0.2) is 43.5 Å². The van der Waals surface area contributed by atoms with Crippen LogP contribution < -0.4 is 15.8 Å². The van der Waals surface area contributed by atoms with Gasteiger partial charge in [0, 0.05) is 13.6 Å². The minimum absolute atomic E-state index is 0. The van der Waals surface area contributed by atoms with E-state index >= 15 is 0 Å². The molecular weight excluding hydrogens is 459 g/mol. The van der Waals surface area contributed by atoms with E-state index in [2.05, 4.69) is 10.3 Å². The van der Waals surface area contributed by atoms with Gasteiger partial charge in [-0.3, -0.25) is 4.79 Å². The molecule has 0 radical (unpaired) electrons. The fourth-order valence-corrected chi connectivity index (χ4v) is 2.33. The summed E-state index contributed by atoms with van der Waals surface area (Å²) in [5, 5.41) is 3.23. The van der Waals surface area contributed by atoms with E-state index < -0.39 is 5.91 Å². The quantitative estimate of drug-likeness (QED) is 0.340. The molecule has 1 aromatic heterocycles. The lowest BCUT2D eigenvalue weighted by Crippen LogP contribution is -2.40. The largest absolute Gasteiger partial charge is 0.491 e. The number of halogens is 1. The van der Waals surface area contributed by atoms with Crippen LogP contribution in [0.15, 0.2) is 45.8 Å². The van der Waals surface area contributed by atoms with E-state index in [9.17, 15) is 4.79 Å². The van der Waals surface area contributed by atoms with Crippen molar-refractivity contribution in [1.82, 2.24) is 10.2 Å². The highest BCUT2D eigenvalue weighted by molar-refractivity contribution is 14.0. The number of carbonyl (C=O) groups excluding carboxylic acids is 1. The second kappa shape index (κ2) is 11.5. The molecule has 0 spiro atoms. The van der Waals surface area contributed by atoms with Gasteiger partial charge >= 0.3 is 0 Å². The van der Waals surface area contributed by atoms with Gasteiger partial charge in [-0.1, -0.05) is 18.2 Å².